The molecule has 4 nitrogen and oxygen atoms in total. The number of Topliss-reactive ketones (excluding diaryl/α,β-unsaturated/α-hetero) is 1. The van der Waals surface area contributed by atoms with Crippen molar-refractivity contribution in [3.05, 3.63) is 60.4 Å². The molecule has 1 unspecified atom stereocenters. The van der Waals surface area contributed by atoms with Crippen molar-refractivity contribution >= 4 is 23.1 Å². The molecule has 0 saturated carbocycles. The molecule has 112 valence electrons. The lowest BCUT2D eigenvalue weighted by atomic mass is 10.1. The van der Waals surface area contributed by atoms with Gasteiger partial charge in [-0.15, -0.1) is 0 Å². The van der Waals surface area contributed by atoms with Gasteiger partial charge in [-0.25, -0.2) is 4.98 Å². The van der Waals surface area contributed by atoms with Crippen LogP contribution in [0, 0.1) is 0 Å². The fourth-order valence-corrected chi connectivity index (χ4v) is 3.16. The highest BCUT2D eigenvalue weighted by Gasteiger charge is 2.18. The lowest BCUT2D eigenvalue weighted by Gasteiger charge is -2.10. The topological polar surface area (TPSA) is 43.6 Å². The van der Waals surface area contributed by atoms with Crippen LogP contribution in [0.3, 0.4) is 0 Å². The Morgan fingerprint density at radius 3 is 2.73 bits per heavy atom. The first-order chi connectivity index (χ1) is 10.7. The van der Waals surface area contributed by atoms with Crippen LogP contribution in [0.1, 0.15) is 17.3 Å². The van der Waals surface area contributed by atoms with Gasteiger partial charge in [0.15, 0.2) is 10.9 Å². The lowest BCUT2D eigenvalue weighted by Crippen LogP contribution is -2.14. The van der Waals surface area contributed by atoms with E-state index in [4.69, 9.17) is 4.74 Å². The number of ether oxygens (including phenoxy) is 1. The van der Waals surface area contributed by atoms with Gasteiger partial charge in [0.25, 0.3) is 0 Å². The van der Waals surface area contributed by atoms with Gasteiger partial charge in [0.2, 0.25) is 0 Å². The van der Waals surface area contributed by atoms with Crippen LogP contribution < -0.4 is 4.74 Å². The van der Waals surface area contributed by atoms with E-state index in [2.05, 4.69) is 4.98 Å². The summed E-state index contributed by atoms with van der Waals surface area (Å²) in [7, 11) is 1.61. The first kappa shape index (κ1) is 14.7. The number of thioether (sulfide) groups is 1. The molecule has 1 atom stereocenters. The van der Waals surface area contributed by atoms with Gasteiger partial charge in [0, 0.05) is 11.8 Å². The molecule has 0 amide bonds. The normalized spacial score (nSPS) is 12.3. The third-order valence-electron chi connectivity index (χ3n) is 3.43. The fourth-order valence-electron chi connectivity index (χ4n) is 2.21. The minimum atomic E-state index is -0.209. The molecule has 0 N–H and O–H groups in total. The summed E-state index contributed by atoms with van der Waals surface area (Å²) in [5.41, 5.74) is 1.70. The maximum atomic E-state index is 12.5. The predicted molar refractivity (Wildman–Crippen MR) is 87.8 cm³/mol. The molecule has 0 saturated heterocycles. The highest BCUT2D eigenvalue weighted by molar-refractivity contribution is 8.00. The smallest absolute Gasteiger partial charge is 0.175 e. The highest BCUT2D eigenvalue weighted by Crippen LogP contribution is 2.26. The first-order valence-corrected chi connectivity index (χ1v) is 7.84. The Hall–Kier alpha value is -2.27. The minimum Gasteiger partial charge on any atom is -0.497 e. The van der Waals surface area contributed by atoms with Crippen LogP contribution >= 0.6 is 11.8 Å². The van der Waals surface area contributed by atoms with Gasteiger partial charge in [-0.2, -0.15) is 0 Å². The molecule has 0 radical (unpaired) electrons. The van der Waals surface area contributed by atoms with Crippen LogP contribution in [0.4, 0.5) is 0 Å². The summed E-state index contributed by atoms with van der Waals surface area (Å²) < 4.78 is 7.10. The molecular weight excluding hydrogens is 296 g/mol. The number of hydrogen-bond donors (Lipinski definition) is 0. The van der Waals surface area contributed by atoms with Crippen LogP contribution in [-0.4, -0.2) is 27.5 Å². The number of carbonyl (C=O) groups excluding carboxylic acids is 1. The van der Waals surface area contributed by atoms with E-state index >= 15 is 0 Å². The molecule has 2 heterocycles. The summed E-state index contributed by atoms with van der Waals surface area (Å²) >= 11 is 1.46. The lowest BCUT2D eigenvalue weighted by molar-refractivity contribution is 0.0994. The molecule has 0 aliphatic rings. The Morgan fingerprint density at radius 2 is 2.00 bits per heavy atom. The summed E-state index contributed by atoms with van der Waals surface area (Å²) in [5.74, 6) is 0.830. The number of nitrogens with zero attached hydrogens (tertiary/aromatic N) is 2. The van der Waals surface area contributed by atoms with E-state index in [9.17, 15) is 4.79 Å². The van der Waals surface area contributed by atoms with Crippen molar-refractivity contribution in [1.29, 1.82) is 0 Å². The third-order valence-corrected chi connectivity index (χ3v) is 4.51. The molecule has 0 spiro atoms. The van der Waals surface area contributed by atoms with Crippen LogP contribution in [0.2, 0.25) is 0 Å². The molecule has 2 aromatic heterocycles. The average molecular weight is 312 g/mol. The van der Waals surface area contributed by atoms with Crippen LogP contribution in [0.5, 0.6) is 5.75 Å². The minimum absolute atomic E-state index is 0.0836. The molecule has 3 rings (SSSR count). The maximum absolute atomic E-state index is 12.5. The van der Waals surface area contributed by atoms with E-state index < -0.39 is 0 Å². The number of fused-ring (bicyclic) bond motifs is 1. The fraction of sp³-hybridized carbons (Fsp3) is 0.176. The molecular formula is C17H16N2O2S. The largest absolute Gasteiger partial charge is 0.497 e. The van der Waals surface area contributed by atoms with Gasteiger partial charge in [0.05, 0.1) is 24.1 Å². The standard InChI is InChI=1S/C17H16N2O2S/c1-12(16(20)13-6-8-15(21-2)9-7-13)22-17-18-11-14-5-3-4-10-19(14)17/h3-12H,1-2H3. The second kappa shape index (κ2) is 6.23. The Morgan fingerprint density at radius 1 is 1.23 bits per heavy atom. The van der Waals surface area contributed by atoms with E-state index in [1.54, 1.807) is 31.4 Å². The predicted octanol–water partition coefficient (Wildman–Crippen LogP) is 3.71. The zero-order valence-corrected chi connectivity index (χ0v) is 13.2. The van der Waals surface area contributed by atoms with E-state index in [-0.39, 0.29) is 11.0 Å². The summed E-state index contributed by atoms with van der Waals surface area (Å²) in [6, 6.07) is 13.1. The molecule has 22 heavy (non-hydrogen) atoms. The van der Waals surface area contributed by atoms with Gasteiger partial charge in [-0.05, 0) is 43.3 Å². The van der Waals surface area contributed by atoms with Crippen molar-refractivity contribution in [2.75, 3.05) is 7.11 Å². The van der Waals surface area contributed by atoms with Gasteiger partial charge in [-0.3, -0.25) is 9.20 Å². The quantitative estimate of drug-likeness (QED) is 0.532. The number of ketones is 1. The van der Waals surface area contributed by atoms with E-state index in [1.165, 1.54) is 11.8 Å². The molecule has 1 aromatic carbocycles. The van der Waals surface area contributed by atoms with Crippen molar-refractivity contribution in [1.82, 2.24) is 9.38 Å². The maximum Gasteiger partial charge on any atom is 0.175 e. The number of hydrogen-bond acceptors (Lipinski definition) is 4. The van der Waals surface area contributed by atoms with Crippen LogP contribution in [-0.2, 0) is 0 Å². The number of carbonyl (C=O) groups is 1. The molecule has 0 aliphatic heterocycles. The van der Waals surface area contributed by atoms with E-state index in [1.807, 2.05) is 41.9 Å². The first-order valence-electron chi connectivity index (χ1n) is 6.96. The highest BCUT2D eigenvalue weighted by atomic mass is 32.2. The Bertz CT molecular complexity index is 796. The average Bonchev–Trinajstić information content (AvgIpc) is 2.97. The summed E-state index contributed by atoms with van der Waals surface area (Å²) in [6.07, 6.45) is 3.77. The molecule has 0 aliphatic carbocycles. The summed E-state index contributed by atoms with van der Waals surface area (Å²) in [5, 5.41) is 0.615. The monoisotopic (exact) mass is 312 g/mol. The number of aromatic nitrogens is 2. The van der Waals surface area contributed by atoms with Crippen LogP contribution in [0.15, 0.2) is 60.0 Å². The van der Waals surface area contributed by atoms with Gasteiger partial charge >= 0.3 is 0 Å². The molecule has 3 aromatic rings. The zero-order chi connectivity index (χ0) is 15.5. The second-order valence-corrected chi connectivity index (χ2v) is 6.20. The molecule has 0 bridgehead atoms. The summed E-state index contributed by atoms with van der Waals surface area (Å²) in [4.78, 5) is 16.9. The number of pyridine rings is 1. The molecule has 5 heteroatoms. The van der Waals surface area contributed by atoms with Crippen molar-refractivity contribution in [3.63, 3.8) is 0 Å². The van der Waals surface area contributed by atoms with Gasteiger partial charge in [-0.1, -0.05) is 17.8 Å². The van der Waals surface area contributed by atoms with Crippen molar-refractivity contribution in [2.24, 2.45) is 0 Å². The Labute approximate surface area is 133 Å². The van der Waals surface area contributed by atoms with E-state index in [0.717, 1.165) is 16.4 Å². The SMILES string of the molecule is COc1ccc(C(=O)C(C)Sc2ncc3ccccn23)cc1. The number of rotatable bonds is 5. The van der Waals surface area contributed by atoms with Gasteiger partial charge in [0.1, 0.15) is 5.75 Å². The Kier molecular flexibility index (Phi) is 4.15. The zero-order valence-electron chi connectivity index (χ0n) is 12.4. The van der Waals surface area contributed by atoms with Crippen LogP contribution in [0.25, 0.3) is 5.52 Å². The number of imidazole rings is 1. The summed E-state index contributed by atoms with van der Waals surface area (Å²) in [6.45, 7) is 1.90. The second-order valence-electron chi connectivity index (χ2n) is 4.89. The van der Waals surface area contributed by atoms with Crippen molar-refractivity contribution in [3.8, 4) is 5.75 Å². The van der Waals surface area contributed by atoms with E-state index in [0.29, 0.717) is 5.56 Å². The number of benzene rings is 1. The number of methoxy groups -OCH3 is 1. The van der Waals surface area contributed by atoms with Crippen molar-refractivity contribution < 1.29 is 9.53 Å². The third kappa shape index (κ3) is 2.85. The van der Waals surface area contributed by atoms with Gasteiger partial charge < -0.3 is 4.74 Å². The molecule has 0 fully saturated rings. The Balaban J connectivity index is 1.78. The van der Waals surface area contributed by atoms with Crippen molar-refractivity contribution in [2.45, 2.75) is 17.3 Å².